The van der Waals surface area contributed by atoms with Crippen molar-refractivity contribution in [2.75, 3.05) is 43.1 Å². The number of halogens is 1. The molecule has 32 heavy (non-hydrogen) atoms. The number of morpholine rings is 1. The number of hydrogen-bond donors (Lipinski definition) is 1. The van der Waals surface area contributed by atoms with Gasteiger partial charge in [-0.25, -0.2) is 9.97 Å². The predicted octanol–water partition coefficient (Wildman–Crippen LogP) is 5.07. The Hall–Kier alpha value is -2.99. The Kier molecular flexibility index (Phi) is 7.32. The molecule has 9 heteroatoms. The van der Waals surface area contributed by atoms with Crippen molar-refractivity contribution in [3.8, 4) is 11.8 Å². The summed E-state index contributed by atoms with van der Waals surface area (Å²) < 4.78 is 10.7. The van der Waals surface area contributed by atoms with E-state index in [1.165, 1.54) is 17.4 Å². The van der Waals surface area contributed by atoms with Crippen LogP contribution in [0.3, 0.4) is 0 Å². The molecule has 0 bridgehead atoms. The zero-order valence-electron chi connectivity index (χ0n) is 17.5. The van der Waals surface area contributed by atoms with Crippen LogP contribution in [-0.2, 0) is 4.74 Å². The van der Waals surface area contributed by atoms with E-state index < -0.39 is 0 Å². The number of nitriles is 1. The molecule has 0 atom stereocenters. The van der Waals surface area contributed by atoms with Gasteiger partial charge in [0.15, 0.2) is 6.61 Å². The molecule has 4 rings (SSSR count). The number of nitrogens with one attached hydrogen (secondary N) is 1. The third kappa shape index (κ3) is 5.62. The highest BCUT2D eigenvalue weighted by atomic mass is 35.5. The van der Waals surface area contributed by atoms with Gasteiger partial charge in [-0.05, 0) is 49.4 Å². The van der Waals surface area contributed by atoms with Crippen LogP contribution in [0.1, 0.15) is 5.56 Å². The summed E-state index contributed by atoms with van der Waals surface area (Å²) >= 11 is 7.77. The second kappa shape index (κ2) is 10.6. The van der Waals surface area contributed by atoms with Crippen molar-refractivity contribution in [1.29, 1.82) is 5.26 Å². The number of aromatic nitrogens is 2. The molecule has 2 heterocycles. The van der Waals surface area contributed by atoms with Gasteiger partial charge < -0.3 is 19.7 Å². The van der Waals surface area contributed by atoms with E-state index in [2.05, 4.69) is 32.3 Å². The van der Waals surface area contributed by atoms with E-state index in [0.29, 0.717) is 16.7 Å². The van der Waals surface area contributed by atoms with Crippen LogP contribution < -0.4 is 15.0 Å². The lowest BCUT2D eigenvalue weighted by Crippen LogP contribution is -2.36. The van der Waals surface area contributed by atoms with Gasteiger partial charge in [-0.2, -0.15) is 5.26 Å². The number of ether oxygens (including phenoxy) is 2. The van der Waals surface area contributed by atoms with Crippen LogP contribution in [0.2, 0.25) is 5.02 Å². The molecule has 0 saturated carbocycles. The minimum Gasteiger partial charge on any atom is -0.477 e. The largest absolute Gasteiger partial charge is 0.477 e. The molecular formula is C23H22ClN5O2S. The zero-order chi connectivity index (χ0) is 22.3. The molecule has 1 fully saturated rings. The first-order valence-corrected chi connectivity index (χ1v) is 11.3. The quantitative estimate of drug-likeness (QED) is 0.482. The van der Waals surface area contributed by atoms with Gasteiger partial charge in [0, 0.05) is 41.1 Å². The maximum absolute atomic E-state index is 8.65. The van der Waals surface area contributed by atoms with E-state index in [-0.39, 0.29) is 6.61 Å². The highest BCUT2D eigenvalue weighted by Gasteiger charge is 2.12. The van der Waals surface area contributed by atoms with Crippen molar-refractivity contribution in [2.24, 2.45) is 0 Å². The highest BCUT2D eigenvalue weighted by Crippen LogP contribution is 2.34. The van der Waals surface area contributed by atoms with Crippen LogP contribution in [-0.4, -0.2) is 42.9 Å². The number of rotatable bonds is 7. The normalized spacial score (nSPS) is 13.5. The molecule has 0 aliphatic carbocycles. The molecule has 1 N–H and O–H groups in total. The fraction of sp³-hybridized carbons (Fsp3) is 0.261. The van der Waals surface area contributed by atoms with E-state index in [1.807, 2.05) is 31.2 Å². The van der Waals surface area contributed by atoms with Crippen LogP contribution in [0.15, 0.2) is 58.6 Å². The van der Waals surface area contributed by atoms with Gasteiger partial charge in [0.2, 0.25) is 5.95 Å². The number of hydrogen-bond acceptors (Lipinski definition) is 8. The van der Waals surface area contributed by atoms with Gasteiger partial charge in [0.1, 0.15) is 16.8 Å². The maximum atomic E-state index is 8.65. The predicted molar refractivity (Wildman–Crippen MR) is 126 cm³/mol. The van der Waals surface area contributed by atoms with Crippen molar-refractivity contribution < 1.29 is 9.47 Å². The molecule has 1 aliphatic heterocycles. The van der Waals surface area contributed by atoms with E-state index >= 15 is 0 Å². The summed E-state index contributed by atoms with van der Waals surface area (Å²) in [4.78, 5) is 12.3. The third-order valence-electron chi connectivity index (χ3n) is 4.84. The fourth-order valence-corrected chi connectivity index (χ4v) is 4.36. The molecule has 0 spiro atoms. The summed E-state index contributed by atoms with van der Waals surface area (Å²) in [7, 11) is 0. The Morgan fingerprint density at radius 1 is 1.22 bits per heavy atom. The smallest absolute Gasteiger partial charge is 0.228 e. The first-order chi connectivity index (χ1) is 15.6. The van der Waals surface area contributed by atoms with Gasteiger partial charge in [-0.15, -0.1) is 0 Å². The molecule has 7 nitrogen and oxygen atoms in total. The minimum atomic E-state index is -0.0420. The SMILES string of the molecule is Cc1cnc(Nc2ccc(N3CCOCC3)cc2)nc1Sc1ccc(OCC#N)c(Cl)c1. The van der Waals surface area contributed by atoms with Crippen LogP contribution in [0.25, 0.3) is 0 Å². The first-order valence-electron chi connectivity index (χ1n) is 10.1. The number of benzene rings is 2. The molecule has 1 aliphatic rings. The van der Waals surface area contributed by atoms with Crippen molar-refractivity contribution >= 4 is 40.7 Å². The Morgan fingerprint density at radius 2 is 2.00 bits per heavy atom. The molecule has 164 valence electrons. The summed E-state index contributed by atoms with van der Waals surface area (Å²) in [5.41, 5.74) is 3.06. The van der Waals surface area contributed by atoms with Crippen molar-refractivity contribution in [3.63, 3.8) is 0 Å². The van der Waals surface area contributed by atoms with E-state index in [4.69, 9.17) is 26.3 Å². The Bertz CT molecular complexity index is 1110. The second-order valence-corrected chi connectivity index (χ2v) is 8.56. The third-order valence-corrected chi connectivity index (χ3v) is 6.23. The van der Waals surface area contributed by atoms with E-state index in [1.54, 1.807) is 18.3 Å². The molecular weight excluding hydrogens is 446 g/mol. The topological polar surface area (TPSA) is 83.3 Å². The van der Waals surface area contributed by atoms with Crippen LogP contribution in [0.5, 0.6) is 5.75 Å². The number of aryl methyl sites for hydroxylation is 1. The van der Waals surface area contributed by atoms with E-state index in [9.17, 15) is 0 Å². The lowest BCUT2D eigenvalue weighted by atomic mass is 10.2. The first kappa shape index (κ1) is 22.2. The lowest BCUT2D eigenvalue weighted by molar-refractivity contribution is 0.122. The lowest BCUT2D eigenvalue weighted by Gasteiger charge is -2.28. The summed E-state index contributed by atoms with van der Waals surface area (Å²) in [5.74, 6) is 1.01. The molecule has 1 aromatic heterocycles. The van der Waals surface area contributed by atoms with E-state index in [0.717, 1.165) is 47.5 Å². The molecule has 0 unspecified atom stereocenters. The van der Waals surface area contributed by atoms with Crippen molar-refractivity contribution in [1.82, 2.24) is 9.97 Å². The summed E-state index contributed by atoms with van der Waals surface area (Å²) in [6.45, 7) is 5.26. The highest BCUT2D eigenvalue weighted by molar-refractivity contribution is 7.99. The van der Waals surface area contributed by atoms with Crippen LogP contribution in [0, 0.1) is 18.3 Å². The average molecular weight is 468 g/mol. The molecule has 3 aromatic rings. The number of nitrogens with zero attached hydrogens (tertiary/aromatic N) is 4. The summed E-state index contributed by atoms with van der Waals surface area (Å²) in [6, 6.07) is 15.6. The Labute approximate surface area is 196 Å². The molecule has 2 aromatic carbocycles. The average Bonchev–Trinajstić information content (AvgIpc) is 2.82. The van der Waals surface area contributed by atoms with Crippen LogP contribution >= 0.6 is 23.4 Å². The molecule has 0 amide bonds. The van der Waals surface area contributed by atoms with Gasteiger partial charge in [0.25, 0.3) is 0 Å². The minimum absolute atomic E-state index is 0.0420. The number of anilines is 3. The van der Waals surface area contributed by atoms with Gasteiger partial charge in [0.05, 0.1) is 18.2 Å². The molecule has 1 saturated heterocycles. The van der Waals surface area contributed by atoms with Crippen molar-refractivity contribution in [3.05, 3.63) is 59.2 Å². The summed E-state index contributed by atoms with van der Waals surface area (Å²) in [6.07, 6.45) is 1.80. The Morgan fingerprint density at radius 3 is 2.72 bits per heavy atom. The van der Waals surface area contributed by atoms with Gasteiger partial charge >= 0.3 is 0 Å². The zero-order valence-corrected chi connectivity index (χ0v) is 19.1. The van der Waals surface area contributed by atoms with Crippen molar-refractivity contribution in [2.45, 2.75) is 16.8 Å². The standard InChI is InChI=1S/C23H22ClN5O2S/c1-16-15-26-23(27-17-2-4-18(5-3-17)29-9-12-30-13-10-29)28-22(16)32-19-6-7-21(20(24)14-19)31-11-8-25/h2-7,14-15H,9-13H2,1H3,(H,26,27,28). The van der Waals surface area contributed by atoms with Crippen LogP contribution in [0.4, 0.5) is 17.3 Å². The van der Waals surface area contributed by atoms with Gasteiger partial charge in [-0.3, -0.25) is 0 Å². The van der Waals surface area contributed by atoms with Gasteiger partial charge in [-0.1, -0.05) is 23.4 Å². The maximum Gasteiger partial charge on any atom is 0.228 e. The second-order valence-electron chi connectivity index (χ2n) is 7.09. The fourth-order valence-electron chi connectivity index (χ4n) is 3.18. The summed E-state index contributed by atoms with van der Waals surface area (Å²) in [5, 5.41) is 13.2. The Balaban J connectivity index is 1.44. The molecule has 0 radical (unpaired) electrons. The monoisotopic (exact) mass is 467 g/mol.